The molecule has 0 bridgehead atoms. The third-order valence-corrected chi connectivity index (χ3v) is 5.53. The fourth-order valence-electron chi connectivity index (χ4n) is 3.93. The van der Waals surface area contributed by atoms with E-state index in [0.29, 0.717) is 11.9 Å². The van der Waals surface area contributed by atoms with Gasteiger partial charge in [0.15, 0.2) is 0 Å². The van der Waals surface area contributed by atoms with Crippen LogP contribution in [0.5, 0.6) is 0 Å². The summed E-state index contributed by atoms with van der Waals surface area (Å²) in [6.45, 7) is 5.46. The summed E-state index contributed by atoms with van der Waals surface area (Å²) < 4.78 is 0. The number of nitrogens with zero attached hydrogens (tertiary/aromatic N) is 1. The highest BCUT2D eigenvalue weighted by Gasteiger charge is 2.40. The Balaban J connectivity index is 2.09. The van der Waals surface area contributed by atoms with Gasteiger partial charge in [-0.05, 0) is 31.1 Å². The molecule has 19 heavy (non-hydrogen) atoms. The molecule has 1 amide bonds. The standard InChI is InChI=1S/C16H28BrNO/c1-16(2)10-6-5-9-14(16)15(19)18(12-11-17)13-7-3-4-8-13/h13-14H,3-12H2,1-2H3. The van der Waals surface area contributed by atoms with E-state index in [-0.39, 0.29) is 11.3 Å². The maximum Gasteiger partial charge on any atom is 0.226 e. The van der Waals surface area contributed by atoms with Crippen molar-refractivity contribution in [2.75, 3.05) is 11.9 Å². The smallest absolute Gasteiger partial charge is 0.226 e. The van der Waals surface area contributed by atoms with Gasteiger partial charge in [-0.15, -0.1) is 0 Å². The first-order chi connectivity index (χ1) is 9.06. The van der Waals surface area contributed by atoms with E-state index in [9.17, 15) is 4.79 Å². The zero-order chi connectivity index (χ0) is 13.9. The first-order valence-electron chi connectivity index (χ1n) is 7.93. The van der Waals surface area contributed by atoms with E-state index in [4.69, 9.17) is 0 Å². The van der Waals surface area contributed by atoms with E-state index in [1.165, 1.54) is 44.9 Å². The minimum Gasteiger partial charge on any atom is -0.339 e. The molecule has 2 aliphatic carbocycles. The quantitative estimate of drug-likeness (QED) is 0.701. The van der Waals surface area contributed by atoms with Gasteiger partial charge in [-0.1, -0.05) is 55.5 Å². The average Bonchev–Trinajstić information content (AvgIpc) is 2.88. The minimum absolute atomic E-state index is 0.193. The van der Waals surface area contributed by atoms with Crippen molar-refractivity contribution in [1.29, 1.82) is 0 Å². The van der Waals surface area contributed by atoms with Crippen LogP contribution in [0.3, 0.4) is 0 Å². The average molecular weight is 330 g/mol. The van der Waals surface area contributed by atoms with Gasteiger partial charge in [-0.3, -0.25) is 4.79 Å². The van der Waals surface area contributed by atoms with Crippen molar-refractivity contribution in [3.63, 3.8) is 0 Å². The highest BCUT2D eigenvalue weighted by molar-refractivity contribution is 9.09. The predicted molar refractivity (Wildman–Crippen MR) is 83.5 cm³/mol. The topological polar surface area (TPSA) is 20.3 Å². The molecule has 0 heterocycles. The van der Waals surface area contributed by atoms with Crippen molar-refractivity contribution in [2.45, 2.75) is 71.3 Å². The van der Waals surface area contributed by atoms with E-state index < -0.39 is 0 Å². The zero-order valence-corrected chi connectivity index (χ0v) is 14.0. The van der Waals surface area contributed by atoms with Crippen molar-refractivity contribution in [3.8, 4) is 0 Å². The Morgan fingerprint density at radius 1 is 1.16 bits per heavy atom. The van der Waals surface area contributed by atoms with E-state index >= 15 is 0 Å². The highest BCUT2D eigenvalue weighted by Crippen LogP contribution is 2.42. The lowest BCUT2D eigenvalue weighted by Gasteiger charge is -2.41. The van der Waals surface area contributed by atoms with Crippen molar-refractivity contribution >= 4 is 21.8 Å². The molecule has 0 saturated heterocycles. The second kappa shape index (κ2) is 6.60. The molecule has 0 aromatic heterocycles. The maximum absolute atomic E-state index is 13.0. The van der Waals surface area contributed by atoms with E-state index in [2.05, 4.69) is 34.7 Å². The minimum atomic E-state index is 0.193. The number of hydrogen-bond acceptors (Lipinski definition) is 1. The molecular formula is C16H28BrNO. The molecule has 0 aromatic carbocycles. The molecule has 2 aliphatic rings. The molecule has 0 radical (unpaired) electrons. The summed E-state index contributed by atoms with van der Waals surface area (Å²) in [6, 6.07) is 0.516. The summed E-state index contributed by atoms with van der Waals surface area (Å²) in [4.78, 5) is 15.2. The van der Waals surface area contributed by atoms with E-state index in [1.807, 2.05) is 0 Å². The lowest BCUT2D eigenvalue weighted by Crippen LogP contribution is -2.48. The van der Waals surface area contributed by atoms with Crippen molar-refractivity contribution in [3.05, 3.63) is 0 Å². The van der Waals surface area contributed by atoms with Gasteiger partial charge in [0.2, 0.25) is 5.91 Å². The zero-order valence-electron chi connectivity index (χ0n) is 12.5. The molecule has 2 nitrogen and oxygen atoms in total. The Kier molecular flexibility index (Phi) is 5.33. The van der Waals surface area contributed by atoms with Gasteiger partial charge in [0.05, 0.1) is 0 Å². The number of hydrogen-bond donors (Lipinski definition) is 0. The molecule has 2 saturated carbocycles. The van der Waals surface area contributed by atoms with Crippen LogP contribution in [0, 0.1) is 11.3 Å². The molecule has 0 N–H and O–H groups in total. The van der Waals surface area contributed by atoms with Crippen LogP contribution in [0.2, 0.25) is 0 Å². The molecule has 3 heteroatoms. The van der Waals surface area contributed by atoms with Crippen LogP contribution in [0.4, 0.5) is 0 Å². The van der Waals surface area contributed by atoms with E-state index in [1.54, 1.807) is 0 Å². The Morgan fingerprint density at radius 2 is 1.79 bits per heavy atom. The highest BCUT2D eigenvalue weighted by atomic mass is 79.9. The molecule has 0 aromatic rings. The van der Waals surface area contributed by atoms with Gasteiger partial charge >= 0.3 is 0 Å². The van der Waals surface area contributed by atoms with E-state index in [0.717, 1.165) is 18.3 Å². The fourth-order valence-corrected chi connectivity index (χ4v) is 4.31. The molecule has 1 unspecified atom stereocenters. The normalized spacial score (nSPS) is 27.4. The second-order valence-electron chi connectivity index (χ2n) is 6.95. The number of carbonyl (C=O) groups is 1. The maximum atomic E-state index is 13.0. The molecule has 2 fully saturated rings. The summed E-state index contributed by atoms with van der Waals surface area (Å²) in [5.41, 5.74) is 0.193. The second-order valence-corrected chi connectivity index (χ2v) is 7.74. The Hall–Kier alpha value is -0.0500. The molecule has 0 aliphatic heterocycles. The van der Waals surface area contributed by atoms with Crippen LogP contribution < -0.4 is 0 Å². The molecule has 1 atom stereocenters. The lowest BCUT2D eigenvalue weighted by atomic mass is 9.68. The number of carbonyl (C=O) groups excluding carboxylic acids is 1. The third kappa shape index (κ3) is 3.53. The number of alkyl halides is 1. The summed E-state index contributed by atoms with van der Waals surface area (Å²) in [5, 5.41) is 0.905. The number of rotatable bonds is 4. The number of amides is 1. The summed E-state index contributed by atoms with van der Waals surface area (Å²) >= 11 is 3.52. The van der Waals surface area contributed by atoms with Crippen LogP contribution >= 0.6 is 15.9 Å². The Morgan fingerprint density at radius 3 is 2.37 bits per heavy atom. The van der Waals surface area contributed by atoms with Crippen LogP contribution in [-0.2, 0) is 4.79 Å². The monoisotopic (exact) mass is 329 g/mol. The van der Waals surface area contributed by atoms with Crippen LogP contribution in [0.1, 0.15) is 65.2 Å². The molecule has 2 rings (SSSR count). The van der Waals surface area contributed by atoms with Crippen molar-refractivity contribution in [2.24, 2.45) is 11.3 Å². The first kappa shape index (κ1) is 15.3. The molecular weight excluding hydrogens is 302 g/mol. The van der Waals surface area contributed by atoms with Gasteiger partial charge in [0.1, 0.15) is 0 Å². The predicted octanol–water partition coefficient (Wildman–Crippen LogP) is 4.37. The van der Waals surface area contributed by atoms with Gasteiger partial charge in [-0.25, -0.2) is 0 Å². The fraction of sp³-hybridized carbons (Fsp3) is 0.938. The molecule has 0 spiro atoms. The Labute approximate surface area is 126 Å². The van der Waals surface area contributed by atoms with Gasteiger partial charge in [-0.2, -0.15) is 0 Å². The lowest BCUT2D eigenvalue weighted by molar-refractivity contribution is -0.143. The van der Waals surface area contributed by atoms with Crippen molar-refractivity contribution in [1.82, 2.24) is 4.90 Å². The largest absolute Gasteiger partial charge is 0.339 e. The van der Waals surface area contributed by atoms with Crippen LogP contribution in [0.25, 0.3) is 0 Å². The van der Waals surface area contributed by atoms with Gasteiger partial charge in [0, 0.05) is 23.8 Å². The Bertz CT molecular complexity index is 310. The van der Waals surface area contributed by atoms with Gasteiger partial charge < -0.3 is 4.90 Å². The van der Waals surface area contributed by atoms with Crippen LogP contribution in [-0.4, -0.2) is 28.7 Å². The summed E-state index contributed by atoms with van der Waals surface area (Å²) in [6.07, 6.45) is 9.84. The number of halogens is 1. The summed E-state index contributed by atoms with van der Waals surface area (Å²) in [7, 11) is 0. The third-order valence-electron chi connectivity index (χ3n) is 5.18. The van der Waals surface area contributed by atoms with Crippen molar-refractivity contribution < 1.29 is 4.79 Å². The SMILES string of the molecule is CC1(C)CCCCC1C(=O)N(CCBr)C1CCCC1. The molecule has 110 valence electrons. The summed E-state index contributed by atoms with van der Waals surface area (Å²) in [5.74, 6) is 0.692. The van der Waals surface area contributed by atoms with Gasteiger partial charge in [0.25, 0.3) is 0 Å². The first-order valence-corrected chi connectivity index (χ1v) is 9.05. The van der Waals surface area contributed by atoms with Crippen LogP contribution in [0.15, 0.2) is 0 Å².